The van der Waals surface area contributed by atoms with E-state index < -0.39 is 17.7 Å². The smallest absolute Gasteiger partial charge is 0.317 e. The van der Waals surface area contributed by atoms with Gasteiger partial charge in [-0.25, -0.2) is 13.6 Å². The maximum Gasteiger partial charge on any atom is 0.317 e. The number of piperazine rings is 1. The van der Waals surface area contributed by atoms with E-state index in [4.69, 9.17) is 11.6 Å². The number of carbonyl (C=O) groups excluding carboxylic acids is 2. The van der Waals surface area contributed by atoms with Gasteiger partial charge in [0.2, 0.25) is 5.91 Å². The van der Waals surface area contributed by atoms with Crippen molar-refractivity contribution in [3.63, 3.8) is 0 Å². The average molecular weight is 422 g/mol. The molecule has 1 unspecified atom stereocenters. The summed E-state index contributed by atoms with van der Waals surface area (Å²) in [5.74, 6) is -1.37. The predicted octanol–water partition coefficient (Wildman–Crippen LogP) is 3.78. The highest BCUT2D eigenvalue weighted by molar-refractivity contribution is 6.30. The maximum atomic E-state index is 13.9. The Bertz CT molecular complexity index is 884. The number of urea groups is 1. The van der Waals surface area contributed by atoms with E-state index in [1.165, 1.54) is 6.07 Å². The first-order valence-corrected chi connectivity index (χ1v) is 9.74. The van der Waals surface area contributed by atoms with E-state index in [2.05, 4.69) is 5.32 Å². The zero-order chi connectivity index (χ0) is 21.0. The van der Waals surface area contributed by atoms with E-state index in [1.54, 1.807) is 28.9 Å². The van der Waals surface area contributed by atoms with Crippen molar-refractivity contribution in [2.45, 2.75) is 19.4 Å². The van der Waals surface area contributed by atoms with Crippen LogP contribution < -0.4 is 5.32 Å². The quantitative estimate of drug-likeness (QED) is 0.816. The van der Waals surface area contributed by atoms with Crippen LogP contribution in [0.25, 0.3) is 0 Å². The molecule has 5 nitrogen and oxygen atoms in total. The molecule has 1 fully saturated rings. The highest BCUT2D eigenvalue weighted by Gasteiger charge is 2.25. The minimum atomic E-state index is -0.699. The Morgan fingerprint density at radius 3 is 2.28 bits per heavy atom. The molecular weight excluding hydrogens is 400 g/mol. The van der Waals surface area contributed by atoms with Crippen LogP contribution in [0.5, 0.6) is 0 Å². The third-order valence-corrected chi connectivity index (χ3v) is 5.21. The summed E-state index contributed by atoms with van der Waals surface area (Å²) < 4.78 is 26.9. The number of nitrogens with zero attached hydrogens (tertiary/aromatic N) is 2. The van der Waals surface area contributed by atoms with Gasteiger partial charge in [0.1, 0.15) is 11.6 Å². The van der Waals surface area contributed by atoms with Crippen LogP contribution in [0.4, 0.5) is 13.6 Å². The molecule has 2 aromatic rings. The molecule has 1 heterocycles. The summed E-state index contributed by atoms with van der Waals surface area (Å²) in [5, 5.41) is 3.34. The number of rotatable bonds is 4. The number of amides is 3. The van der Waals surface area contributed by atoms with Crippen LogP contribution in [0, 0.1) is 11.6 Å². The Labute approximate surface area is 173 Å². The van der Waals surface area contributed by atoms with E-state index >= 15 is 0 Å². The minimum absolute atomic E-state index is 0.00543. The lowest BCUT2D eigenvalue weighted by atomic mass is 10.1. The molecule has 1 saturated heterocycles. The third-order valence-electron chi connectivity index (χ3n) is 4.96. The van der Waals surface area contributed by atoms with Gasteiger partial charge in [-0.1, -0.05) is 29.8 Å². The fourth-order valence-electron chi connectivity index (χ4n) is 3.25. The summed E-state index contributed by atoms with van der Waals surface area (Å²) in [6.45, 7) is 3.27. The number of carbonyl (C=O) groups is 2. The Morgan fingerprint density at radius 2 is 1.66 bits per heavy atom. The first kappa shape index (κ1) is 21.0. The molecule has 0 aromatic heterocycles. The van der Waals surface area contributed by atoms with Gasteiger partial charge in [-0.3, -0.25) is 4.79 Å². The van der Waals surface area contributed by atoms with Crippen molar-refractivity contribution in [2.24, 2.45) is 0 Å². The molecule has 1 aliphatic heterocycles. The van der Waals surface area contributed by atoms with Crippen molar-refractivity contribution < 1.29 is 18.4 Å². The molecule has 0 saturated carbocycles. The lowest BCUT2D eigenvalue weighted by Gasteiger charge is -2.35. The monoisotopic (exact) mass is 421 g/mol. The Kier molecular flexibility index (Phi) is 6.69. The first-order chi connectivity index (χ1) is 13.8. The third kappa shape index (κ3) is 5.44. The summed E-state index contributed by atoms with van der Waals surface area (Å²) in [5.41, 5.74) is 1.10. The van der Waals surface area contributed by atoms with Crippen LogP contribution in [0.1, 0.15) is 24.1 Å². The standard InChI is InChI=1S/C21H22ClF2N3O2/c1-14(18-7-6-17(23)13-19(18)24)25-21(29)27-10-8-26(9-11-27)20(28)12-15-2-4-16(22)5-3-15/h2-7,13-14H,8-12H2,1H3,(H,25,29). The number of hydrogen-bond acceptors (Lipinski definition) is 2. The van der Waals surface area contributed by atoms with Gasteiger partial charge in [0.05, 0.1) is 12.5 Å². The minimum Gasteiger partial charge on any atom is -0.339 e. The Morgan fingerprint density at radius 1 is 1.03 bits per heavy atom. The second kappa shape index (κ2) is 9.22. The first-order valence-electron chi connectivity index (χ1n) is 9.36. The van der Waals surface area contributed by atoms with Crippen LogP contribution in [-0.2, 0) is 11.2 Å². The van der Waals surface area contributed by atoms with Gasteiger partial charge >= 0.3 is 6.03 Å². The van der Waals surface area contributed by atoms with E-state index in [0.717, 1.165) is 17.7 Å². The zero-order valence-electron chi connectivity index (χ0n) is 16.0. The maximum absolute atomic E-state index is 13.9. The summed E-state index contributed by atoms with van der Waals surface area (Å²) >= 11 is 5.86. The van der Waals surface area contributed by atoms with Crippen LogP contribution in [0.3, 0.4) is 0 Å². The van der Waals surface area contributed by atoms with Crippen molar-refractivity contribution in [1.82, 2.24) is 15.1 Å². The molecule has 29 heavy (non-hydrogen) atoms. The fraction of sp³-hybridized carbons (Fsp3) is 0.333. The molecule has 8 heteroatoms. The summed E-state index contributed by atoms with van der Waals surface area (Å²) in [4.78, 5) is 28.2. The molecule has 0 bridgehead atoms. The predicted molar refractivity (Wildman–Crippen MR) is 107 cm³/mol. The van der Waals surface area contributed by atoms with Crippen molar-refractivity contribution in [1.29, 1.82) is 0 Å². The SMILES string of the molecule is CC(NC(=O)N1CCN(C(=O)Cc2ccc(Cl)cc2)CC1)c1ccc(F)cc1F. The van der Waals surface area contributed by atoms with Crippen molar-refractivity contribution >= 4 is 23.5 Å². The normalized spacial score (nSPS) is 15.2. The van der Waals surface area contributed by atoms with Crippen molar-refractivity contribution in [3.8, 4) is 0 Å². The number of hydrogen-bond donors (Lipinski definition) is 1. The van der Waals surface area contributed by atoms with Crippen molar-refractivity contribution in [3.05, 3.63) is 70.2 Å². The van der Waals surface area contributed by atoms with Gasteiger partial charge in [0.15, 0.2) is 0 Å². The Hall–Kier alpha value is -2.67. The van der Waals surface area contributed by atoms with E-state index in [0.29, 0.717) is 31.2 Å². The van der Waals surface area contributed by atoms with Gasteiger partial charge in [0.25, 0.3) is 0 Å². The summed E-state index contributed by atoms with van der Waals surface area (Å²) in [7, 11) is 0. The van der Waals surface area contributed by atoms with Gasteiger partial charge < -0.3 is 15.1 Å². The molecule has 3 rings (SSSR count). The highest BCUT2D eigenvalue weighted by atomic mass is 35.5. The van der Waals surface area contributed by atoms with E-state index in [9.17, 15) is 18.4 Å². The van der Waals surface area contributed by atoms with Crippen LogP contribution >= 0.6 is 11.6 Å². The fourth-order valence-corrected chi connectivity index (χ4v) is 3.38. The lowest BCUT2D eigenvalue weighted by molar-refractivity contribution is -0.131. The number of halogens is 3. The average Bonchev–Trinajstić information content (AvgIpc) is 2.69. The molecule has 2 aromatic carbocycles. The molecular formula is C21H22ClF2N3O2. The lowest BCUT2D eigenvalue weighted by Crippen LogP contribution is -2.53. The molecule has 0 aliphatic carbocycles. The second-order valence-electron chi connectivity index (χ2n) is 7.01. The number of benzene rings is 2. The zero-order valence-corrected chi connectivity index (χ0v) is 16.8. The summed E-state index contributed by atoms with van der Waals surface area (Å²) in [6, 6.07) is 9.46. The van der Waals surface area contributed by atoms with Gasteiger partial charge in [0, 0.05) is 42.8 Å². The molecule has 0 spiro atoms. The molecule has 1 atom stereocenters. The van der Waals surface area contributed by atoms with Crippen LogP contribution in [0.2, 0.25) is 5.02 Å². The van der Waals surface area contributed by atoms with Gasteiger partial charge in [-0.05, 0) is 30.7 Å². The van der Waals surface area contributed by atoms with Gasteiger partial charge in [-0.2, -0.15) is 0 Å². The van der Waals surface area contributed by atoms with Crippen LogP contribution in [0.15, 0.2) is 42.5 Å². The topological polar surface area (TPSA) is 52.7 Å². The Balaban J connectivity index is 1.49. The second-order valence-corrected chi connectivity index (χ2v) is 7.44. The number of nitrogens with one attached hydrogen (secondary N) is 1. The molecule has 154 valence electrons. The van der Waals surface area contributed by atoms with Crippen molar-refractivity contribution in [2.75, 3.05) is 26.2 Å². The van der Waals surface area contributed by atoms with E-state index in [1.807, 2.05) is 12.1 Å². The molecule has 1 N–H and O–H groups in total. The molecule has 0 radical (unpaired) electrons. The van der Waals surface area contributed by atoms with E-state index in [-0.39, 0.29) is 23.9 Å². The largest absolute Gasteiger partial charge is 0.339 e. The molecule has 3 amide bonds. The summed E-state index contributed by atoms with van der Waals surface area (Å²) in [6.07, 6.45) is 0.282. The molecule has 1 aliphatic rings. The highest BCUT2D eigenvalue weighted by Crippen LogP contribution is 2.18. The van der Waals surface area contributed by atoms with Crippen LogP contribution in [-0.4, -0.2) is 47.9 Å². The van der Waals surface area contributed by atoms with Gasteiger partial charge in [-0.15, -0.1) is 0 Å².